The second-order valence-corrected chi connectivity index (χ2v) is 5.76. The molecule has 1 aromatic carbocycles. The van der Waals surface area contributed by atoms with Crippen LogP contribution in [0, 0.1) is 0 Å². The average Bonchev–Trinajstić information content (AvgIpc) is 2.89. The van der Waals surface area contributed by atoms with Crippen LogP contribution in [0.2, 0.25) is 0 Å². The Kier molecular flexibility index (Phi) is 4.03. The Bertz CT molecular complexity index is 612. The van der Waals surface area contributed by atoms with E-state index in [1.807, 2.05) is 18.2 Å². The Labute approximate surface area is 125 Å². The normalized spacial score (nSPS) is 14.1. The second-order valence-electron chi connectivity index (χ2n) is 4.84. The molecule has 0 bridgehead atoms. The molecule has 2 aromatic rings. The lowest BCUT2D eigenvalue weighted by Gasteiger charge is -2.15. The maximum absolute atomic E-state index is 9.36. The minimum absolute atomic E-state index is 0.0489. The average molecular weight is 338 g/mol. The van der Waals surface area contributed by atoms with Crippen LogP contribution in [0.3, 0.4) is 0 Å². The van der Waals surface area contributed by atoms with Gasteiger partial charge in [-0.1, -0.05) is 15.9 Å². The van der Waals surface area contributed by atoms with Gasteiger partial charge >= 0.3 is 0 Å². The monoisotopic (exact) mass is 337 g/mol. The highest BCUT2D eigenvalue weighted by Gasteiger charge is 2.16. The van der Waals surface area contributed by atoms with Crippen LogP contribution in [-0.2, 0) is 26.2 Å². The van der Waals surface area contributed by atoms with Crippen molar-refractivity contribution >= 4 is 15.9 Å². The standard InChI is InChI=1S/C14H16BrN3O2/c15-11-4-5-12(10(7-11)8-19)20-9-14-17-16-13-3-1-2-6-18(13)14/h4-5,7,19H,1-3,6,8-9H2. The van der Waals surface area contributed by atoms with Crippen LogP contribution in [0.25, 0.3) is 0 Å². The van der Waals surface area contributed by atoms with Crippen molar-refractivity contribution in [1.82, 2.24) is 14.8 Å². The molecule has 1 aromatic heterocycles. The molecule has 2 heterocycles. The molecular formula is C14H16BrN3O2. The van der Waals surface area contributed by atoms with Crippen LogP contribution in [0.4, 0.5) is 0 Å². The predicted octanol–water partition coefficient (Wildman–Crippen LogP) is 2.45. The van der Waals surface area contributed by atoms with Crippen molar-refractivity contribution in [3.05, 3.63) is 39.9 Å². The lowest BCUT2D eigenvalue weighted by atomic mass is 10.2. The van der Waals surface area contributed by atoms with Crippen molar-refractivity contribution in [2.24, 2.45) is 0 Å². The van der Waals surface area contributed by atoms with E-state index in [1.165, 1.54) is 6.42 Å². The van der Waals surface area contributed by atoms with Gasteiger partial charge in [-0.2, -0.15) is 0 Å². The summed E-state index contributed by atoms with van der Waals surface area (Å²) in [6, 6.07) is 5.60. The van der Waals surface area contributed by atoms with Gasteiger partial charge in [0.15, 0.2) is 5.82 Å². The number of nitrogens with zero attached hydrogens (tertiary/aromatic N) is 3. The van der Waals surface area contributed by atoms with Gasteiger partial charge in [0.05, 0.1) is 6.61 Å². The van der Waals surface area contributed by atoms with Gasteiger partial charge in [0.25, 0.3) is 0 Å². The number of rotatable bonds is 4. The first kappa shape index (κ1) is 13.6. The summed E-state index contributed by atoms with van der Waals surface area (Å²) in [7, 11) is 0. The third kappa shape index (κ3) is 2.71. The lowest BCUT2D eigenvalue weighted by Crippen LogP contribution is -2.14. The Hall–Kier alpha value is -1.40. The summed E-state index contributed by atoms with van der Waals surface area (Å²) in [4.78, 5) is 0. The van der Waals surface area contributed by atoms with Gasteiger partial charge in [-0.15, -0.1) is 10.2 Å². The van der Waals surface area contributed by atoms with Crippen molar-refractivity contribution in [2.45, 2.75) is 39.0 Å². The number of aliphatic hydroxyl groups is 1. The number of aliphatic hydroxyl groups excluding tert-OH is 1. The molecule has 20 heavy (non-hydrogen) atoms. The molecule has 0 saturated carbocycles. The SMILES string of the molecule is OCc1cc(Br)ccc1OCc1nnc2n1CCCC2. The number of fused-ring (bicyclic) bond motifs is 1. The van der Waals surface area contributed by atoms with Gasteiger partial charge in [0.2, 0.25) is 0 Å². The topological polar surface area (TPSA) is 60.2 Å². The molecule has 0 saturated heterocycles. The van der Waals surface area contributed by atoms with Crippen molar-refractivity contribution in [1.29, 1.82) is 0 Å². The highest BCUT2D eigenvalue weighted by Crippen LogP contribution is 2.24. The Morgan fingerprint density at radius 3 is 3.05 bits per heavy atom. The van der Waals surface area contributed by atoms with Gasteiger partial charge < -0.3 is 14.4 Å². The minimum atomic E-state index is -0.0489. The van der Waals surface area contributed by atoms with E-state index in [4.69, 9.17) is 4.74 Å². The zero-order chi connectivity index (χ0) is 13.9. The van der Waals surface area contributed by atoms with Crippen LogP contribution in [0.15, 0.2) is 22.7 Å². The molecule has 6 heteroatoms. The Morgan fingerprint density at radius 2 is 2.20 bits per heavy atom. The number of ether oxygens (including phenoxy) is 1. The predicted molar refractivity (Wildman–Crippen MR) is 77.4 cm³/mol. The van der Waals surface area contributed by atoms with Gasteiger partial charge in [0, 0.05) is 23.0 Å². The summed E-state index contributed by atoms with van der Waals surface area (Å²) >= 11 is 3.38. The first-order valence-corrected chi connectivity index (χ1v) is 7.50. The summed E-state index contributed by atoms with van der Waals surface area (Å²) < 4.78 is 8.85. The number of aryl methyl sites for hydroxylation is 1. The smallest absolute Gasteiger partial charge is 0.171 e. The van der Waals surface area contributed by atoms with Crippen molar-refractivity contribution in [3.8, 4) is 5.75 Å². The van der Waals surface area contributed by atoms with Crippen molar-refractivity contribution in [2.75, 3.05) is 0 Å². The highest BCUT2D eigenvalue weighted by atomic mass is 79.9. The molecular weight excluding hydrogens is 322 g/mol. The molecule has 5 nitrogen and oxygen atoms in total. The van der Waals surface area contributed by atoms with Crippen LogP contribution >= 0.6 is 15.9 Å². The van der Waals surface area contributed by atoms with Gasteiger partial charge in [0.1, 0.15) is 18.2 Å². The highest BCUT2D eigenvalue weighted by molar-refractivity contribution is 9.10. The first-order valence-electron chi connectivity index (χ1n) is 6.71. The van der Waals surface area contributed by atoms with E-state index < -0.39 is 0 Å². The van der Waals surface area contributed by atoms with Gasteiger partial charge in [-0.05, 0) is 31.0 Å². The molecule has 0 fully saturated rings. The number of hydrogen-bond acceptors (Lipinski definition) is 4. The Morgan fingerprint density at radius 1 is 1.30 bits per heavy atom. The maximum Gasteiger partial charge on any atom is 0.171 e. The summed E-state index contributed by atoms with van der Waals surface area (Å²) in [5.74, 6) is 2.59. The molecule has 1 aliphatic heterocycles. The summed E-state index contributed by atoms with van der Waals surface area (Å²) in [6.45, 7) is 1.29. The third-order valence-electron chi connectivity index (χ3n) is 3.49. The number of hydrogen-bond donors (Lipinski definition) is 1. The molecule has 0 spiro atoms. The molecule has 0 amide bonds. The largest absolute Gasteiger partial charge is 0.485 e. The summed E-state index contributed by atoms with van der Waals surface area (Å²) in [6.07, 6.45) is 3.34. The van der Waals surface area contributed by atoms with Crippen molar-refractivity contribution < 1.29 is 9.84 Å². The Balaban J connectivity index is 1.75. The van der Waals surface area contributed by atoms with E-state index in [0.29, 0.717) is 12.4 Å². The van der Waals surface area contributed by atoms with E-state index >= 15 is 0 Å². The summed E-state index contributed by atoms with van der Waals surface area (Å²) in [5.41, 5.74) is 0.762. The first-order chi connectivity index (χ1) is 9.78. The number of aromatic nitrogens is 3. The fourth-order valence-corrected chi connectivity index (χ4v) is 2.84. The van der Waals surface area contributed by atoms with E-state index in [0.717, 1.165) is 41.1 Å². The number of halogens is 1. The summed E-state index contributed by atoms with van der Waals surface area (Å²) in [5, 5.41) is 17.8. The molecule has 1 N–H and O–H groups in total. The minimum Gasteiger partial charge on any atom is -0.485 e. The molecule has 3 rings (SSSR count). The zero-order valence-corrected chi connectivity index (χ0v) is 12.6. The van der Waals surface area contributed by atoms with E-state index in [9.17, 15) is 5.11 Å². The molecule has 1 aliphatic rings. The zero-order valence-electron chi connectivity index (χ0n) is 11.0. The second kappa shape index (κ2) is 5.93. The van der Waals surface area contributed by atoms with Crippen LogP contribution < -0.4 is 4.74 Å². The van der Waals surface area contributed by atoms with E-state index in [1.54, 1.807) is 0 Å². The fourth-order valence-electron chi connectivity index (χ4n) is 2.43. The van der Waals surface area contributed by atoms with E-state index in [-0.39, 0.29) is 6.61 Å². The molecule has 0 atom stereocenters. The van der Waals surface area contributed by atoms with E-state index in [2.05, 4.69) is 30.7 Å². The van der Waals surface area contributed by atoms with Crippen LogP contribution in [0.1, 0.15) is 30.1 Å². The maximum atomic E-state index is 9.36. The van der Waals surface area contributed by atoms with Crippen LogP contribution in [-0.4, -0.2) is 19.9 Å². The molecule has 0 radical (unpaired) electrons. The molecule has 106 valence electrons. The van der Waals surface area contributed by atoms with Crippen molar-refractivity contribution in [3.63, 3.8) is 0 Å². The van der Waals surface area contributed by atoms with Gasteiger partial charge in [-0.3, -0.25) is 0 Å². The molecule has 0 unspecified atom stereocenters. The quantitative estimate of drug-likeness (QED) is 0.930. The number of benzene rings is 1. The third-order valence-corrected chi connectivity index (χ3v) is 3.98. The molecule has 0 aliphatic carbocycles. The van der Waals surface area contributed by atoms with Gasteiger partial charge in [-0.25, -0.2) is 0 Å². The van der Waals surface area contributed by atoms with Crippen LogP contribution in [0.5, 0.6) is 5.75 Å². The fraction of sp³-hybridized carbons (Fsp3) is 0.429. The lowest BCUT2D eigenvalue weighted by molar-refractivity contribution is 0.252.